The molecule has 0 saturated carbocycles. The highest BCUT2D eigenvalue weighted by molar-refractivity contribution is 7.89. The number of hydrogen-bond donors (Lipinski definition) is 1. The lowest BCUT2D eigenvalue weighted by Gasteiger charge is -2.20. The van der Waals surface area contributed by atoms with Gasteiger partial charge in [-0.15, -0.1) is 0 Å². The largest absolute Gasteiger partial charge is 0.380 e. The Bertz CT molecular complexity index is 1070. The summed E-state index contributed by atoms with van der Waals surface area (Å²) >= 11 is 6.10. The topological polar surface area (TPSA) is 80.1 Å². The van der Waals surface area contributed by atoms with Gasteiger partial charge in [-0.3, -0.25) is 4.98 Å². The molecule has 9 heteroatoms. The normalized spacial score (nSPS) is 20.4. The Morgan fingerprint density at radius 2 is 2.00 bits per heavy atom. The predicted molar refractivity (Wildman–Crippen MR) is 108 cm³/mol. The van der Waals surface area contributed by atoms with Crippen molar-refractivity contribution in [2.24, 2.45) is 7.05 Å². The van der Waals surface area contributed by atoms with Crippen LogP contribution < -0.4 is 5.32 Å². The van der Waals surface area contributed by atoms with Crippen molar-refractivity contribution in [2.75, 3.05) is 18.4 Å². The molecule has 3 aromatic rings. The van der Waals surface area contributed by atoms with E-state index >= 15 is 0 Å². The molecule has 3 heterocycles. The van der Waals surface area contributed by atoms with E-state index in [1.165, 1.54) is 16.8 Å². The highest BCUT2D eigenvalue weighted by Crippen LogP contribution is 2.32. The van der Waals surface area contributed by atoms with Gasteiger partial charge in [0.05, 0.1) is 6.33 Å². The van der Waals surface area contributed by atoms with E-state index in [0.29, 0.717) is 18.1 Å². The van der Waals surface area contributed by atoms with Gasteiger partial charge in [0.1, 0.15) is 0 Å². The minimum atomic E-state index is -3.68. The summed E-state index contributed by atoms with van der Waals surface area (Å²) in [5.41, 5.74) is 1.69. The summed E-state index contributed by atoms with van der Waals surface area (Å²) in [6.07, 6.45) is 4.73. The molecule has 0 bridgehead atoms. The zero-order valence-corrected chi connectivity index (χ0v) is 16.8. The summed E-state index contributed by atoms with van der Waals surface area (Å²) in [5, 5.41) is 4.11. The average molecular weight is 418 g/mol. The molecular formula is C19H20ClN5O2S. The predicted octanol–water partition coefficient (Wildman–Crippen LogP) is 2.74. The number of benzene rings is 1. The quantitative estimate of drug-likeness (QED) is 0.690. The average Bonchev–Trinajstić information content (AvgIpc) is 3.30. The fourth-order valence-electron chi connectivity index (χ4n) is 3.45. The second-order valence-corrected chi connectivity index (χ2v) is 9.14. The van der Waals surface area contributed by atoms with Gasteiger partial charge in [-0.2, -0.15) is 4.31 Å². The maximum atomic E-state index is 13.1. The number of anilines is 1. The summed E-state index contributed by atoms with van der Waals surface area (Å²) in [6.45, 7) is 0.640. The molecular weight excluding hydrogens is 398 g/mol. The lowest BCUT2D eigenvalue weighted by atomic mass is 9.99. The third-order valence-corrected chi connectivity index (χ3v) is 6.77. The van der Waals surface area contributed by atoms with Crippen LogP contribution in [0.3, 0.4) is 0 Å². The number of aromatic nitrogens is 3. The van der Waals surface area contributed by atoms with Crippen molar-refractivity contribution in [3.05, 3.63) is 71.9 Å². The Balaban J connectivity index is 1.65. The number of halogens is 1. The van der Waals surface area contributed by atoms with Crippen molar-refractivity contribution in [2.45, 2.75) is 17.0 Å². The second kappa shape index (κ2) is 7.54. The van der Waals surface area contributed by atoms with E-state index in [1.807, 2.05) is 36.4 Å². The van der Waals surface area contributed by atoms with Crippen LogP contribution in [0.4, 0.5) is 5.69 Å². The minimum Gasteiger partial charge on any atom is -0.380 e. The first kappa shape index (κ1) is 18.9. The Hall–Kier alpha value is -2.42. The van der Waals surface area contributed by atoms with Crippen molar-refractivity contribution in [1.29, 1.82) is 0 Å². The number of sulfonamides is 1. The first-order valence-electron chi connectivity index (χ1n) is 8.84. The van der Waals surface area contributed by atoms with Gasteiger partial charge in [-0.05, 0) is 30.3 Å². The van der Waals surface area contributed by atoms with Gasteiger partial charge in [0.2, 0.25) is 0 Å². The number of pyridine rings is 1. The molecule has 1 saturated heterocycles. The Morgan fingerprint density at radius 3 is 2.68 bits per heavy atom. The van der Waals surface area contributed by atoms with Crippen LogP contribution in [-0.4, -0.2) is 46.4 Å². The van der Waals surface area contributed by atoms with E-state index < -0.39 is 10.0 Å². The van der Waals surface area contributed by atoms with Crippen molar-refractivity contribution in [3.8, 4) is 0 Å². The molecule has 7 nitrogen and oxygen atoms in total. The first-order chi connectivity index (χ1) is 13.4. The van der Waals surface area contributed by atoms with Crippen molar-refractivity contribution < 1.29 is 8.42 Å². The monoisotopic (exact) mass is 417 g/mol. The number of rotatable bonds is 5. The lowest BCUT2D eigenvalue weighted by Crippen LogP contribution is -2.32. The molecule has 1 aliphatic heterocycles. The maximum absolute atomic E-state index is 13.1. The maximum Gasteiger partial charge on any atom is 0.262 e. The number of imidazole rings is 1. The van der Waals surface area contributed by atoms with E-state index in [-0.39, 0.29) is 17.0 Å². The van der Waals surface area contributed by atoms with Crippen molar-refractivity contribution in [3.63, 3.8) is 0 Å². The Labute approximate surface area is 169 Å². The van der Waals surface area contributed by atoms with E-state index in [0.717, 1.165) is 11.4 Å². The Kier molecular flexibility index (Phi) is 5.09. The standard InChI is InChI=1S/C19H20ClN5O2S/c1-24-12-19(22-13-24)28(26,27)25-10-16(17-7-2-3-8-21-17)18(11-25)23-15-6-4-5-14(20)9-15/h2-9,12-13,16,18,23H,10-11H2,1H3/t16-,18+/m1/s1. The molecule has 1 fully saturated rings. The number of nitrogens with one attached hydrogen (secondary N) is 1. The van der Waals surface area contributed by atoms with Crippen molar-refractivity contribution in [1.82, 2.24) is 18.8 Å². The highest BCUT2D eigenvalue weighted by Gasteiger charge is 2.41. The number of nitrogens with zero attached hydrogens (tertiary/aromatic N) is 4. The zero-order valence-electron chi connectivity index (χ0n) is 15.2. The van der Waals surface area contributed by atoms with Crippen LogP contribution in [0.2, 0.25) is 5.02 Å². The third-order valence-electron chi connectivity index (χ3n) is 4.82. The number of hydrogen-bond acceptors (Lipinski definition) is 5. The molecule has 0 unspecified atom stereocenters. The van der Waals surface area contributed by atoms with Crippen LogP contribution in [0.5, 0.6) is 0 Å². The summed E-state index contributed by atoms with van der Waals surface area (Å²) < 4.78 is 29.2. The fraction of sp³-hybridized carbons (Fsp3) is 0.263. The molecule has 1 aliphatic rings. The molecule has 2 atom stereocenters. The van der Waals surface area contributed by atoms with Gasteiger partial charge in [0.25, 0.3) is 10.0 Å². The Morgan fingerprint density at radius 1 is 1.14 bits per heavy atom. The minimum absolute atomic E-state index is 0.0539. The molecule has 0 aliphatic carbocycles. The van der Waals surface area contributed by atoms with Crippen LogP contribution in [0, 0.1) is 0 Å². The van der Waals surface area contributed by atoms with Crippen LogP contribution in [0.15, 0.2) is 66.2 Å². The van der Waals surface area contributed by atoms with E-state index in [2.05, 4.69) is 15.3 Å². The molecule has 1 aromatic carbocycles. The summed E-state index contributed by atoms with van der Waals surface area (Å²) in [5.74, 6) is -0.0985. The van der Waals surface area contributed by atoms with Gasteiger partial charge in [-0.1, -0.05) is 23.7 Å². The SMILES string of the molecule is Cn1cnc(S(=O)(=O)N2C[C@H](Nc3cccc(Cl)c3)[C@@H](c3ccccn3)C2)c1. The molecule has 2 aromatic heterocycles. The first-order valence-corrected chi connectivity index (χ1v) is 10.7. The summed E-state index contributed by atoms with van der Waals surface area (Å²) in [4.78, 5) is 8.49. The van der Waals surface area contributed by atoms with Gasteiger partial charge in [0, 0.05) is 60.9 Å². The number of aryl methyl sites for hydroxylation is 1. The molecule has 4 rings (SSSR count). The van der Waals surface area contributed by atoms with Gasteiger partial charge in [0.15, 0.2) is 5.03 Å². The smallest absolute Gasteiger partial charge is 0.262 e. The van der Waals surface area contributed by atoms with Crippen LogP contribution in [0.1, 0.15) is 11.6 Å². The van der Waals surface area contributed by atoms with Gasteiger partial charge < -0.3 is 9.88 Å². The fourth-order valence-corrected chi connectivity index (χ4v) is 5.10. The van der Waals surface area contributed by atoms with Gasteiger partial charge in [-0.25, -0.2) is 13.4 Å². The van der Waals surface area contributed by atoms with Crippen LogP contribution in [-0.2, 0) is 17.1 Å². The van der Waals surface area contributed by atoms with Gasteiger partial charge >= 0.3 is 0 Å². The molecule has 1 N–H and O–H groups in total. The molecule has 0 radical (unpaired) electrons. The zero-order chi connectivity index (χ0) is 19.7. The van der Waals surface area contributed by atoms with Crippen LogP contribution in [0.25, 0.3) is 0 Å². The molecule has 146 valence electrons. The lowest BCUT2D eigenvalue weighted by molar-refractivity contribution is 0.468. The summed E-state index contributed by atoms with van der Waals surface area (Å²) in [6, 6.07) is 12.9. The van der Waals surface area contributed by atoms with E-state index in [9.17, 15) is 8.42 Å². The van der Waals surface area contributed by atoms with E-state index in [4.69, 9.17) is 11.6 Å². The van der Waals surface area contributed by atoms with Crippen LogP contribution >= 0.6 is 11.6 Å². The molecule has 0 spiro atoms. The molecule has 0 amide bonds. The van der Waals surface area contributed by atoms with Crippen molar-refractivity contribution >= 4 is 27.3 Å². The molecule has 28 heavy (non-hydrogen) atoms. The highest BCUT2D eigenvalue weighted by atomic mass is 35.5. The second-order valence-electron chi connectivity index (χ2n) is 6.82. The third kappa shape index (κ3) is 3.76. The summed E-state index contributed by atoms with van der Waals surface area (Å²) in [7, 11) is -1.94. The van der Waals surface area contributed by atoms with E-state index in [1.54, 1.807) is 23.9 Å².